The van der Waals surface area contributed by atoms with Crippen molar-refractivity contribution < 1.29 is 9.18 Å². The second-order valence-electron chi connectivity index (χ2n) is 5.38. The summed E-state index contributed by atoms with van der Waals surface area (Å²) in [7, 11) is 0. The predicted octanol–water partition coefficient (Wildman–Crippen LogP) is 2.72. The molecule has 0 saturated heterocycles. The van der Waals surface area contributed by atoms with Gasteiger partial charge in [0.2, 0.25) is 5.91 Å². The van der Waals surface area contributed by atoms with Crippen LogP contribution in [0.25, 0.3) is 0 Å². The van der Waals surface area contributed by atoms with Gasteiger partial charge in [0.05, 0.1) is 11.8 Å². The monoisotopic (exact) mass is 320 g/mol. The zero-order valence-electron chi connectivity index (χ0n) is 12.2. The molecule has 1 N–H and O–H groups in total. The van der Waals surface area contributed by atoms with Crippen molar-refractivity contribution in [2.75, 3.05) is 5.75 Å². The molecule has 1 saturated carbocycles. The van der Waals surface area contributed by atoms with Crippen LogP contribution < -0.4 is 5.32 Å². The third-order valence-corrected chi connectivity index (χ3v) is 4.52. The minimum absolute atomic E-state index is 0.0767. The van der Waals surface area contributed by atoms with Gasteiger partial charge in [-0.1, -0.05) is 23.9 Å². The van der Waals surface area contributed by atoms with Crippen molar-refractivity contribution in [2.45, 2.75) is 37.0 Å². The lowest BCUT2D eigenvalue weighted by Crippen LogP contribution is -2.28. The van der Waals surface area contributed by atoms with Crippen LogP contribution in [0.5, 0.6) is 0 Å². The summed E-state index contributed by atoms with van der Waals surface area (Å²) >= 11 is 1.39. The molecule has 7 heteroatoms. The molecule has 1 unspecified atom stereocenters. The van der Waals surface area contributed by atoms with Gasteiger partial charge in [0.25, 0.3) is 0 Å². The molecule has 1 atom stereocenters. The van der Waals surface area contributed by atoms with E-state index in [1.54, 1.807) is 18.5 Å². The van der Waals surface area contributed by atoms with Crippen molar-refractivity contribution in [1.82, 2.24) is 20.1 Å². The number of nitrogens with zero attached hydrogens (tertiary/aromatic N) is 3. The maximum Gasteiger partial charge on any atom is 0.230 e. The molecular weight excluding hydrogens is 303 g/mol. The Morgan fingerprint density at radius 2 is 2.18 bits per heavy atom. The van der Waals surface area contributed by atoms with Crippen LogP contribution in [-0.4, -0.2) is 26.4 Å². The van der Waals surface area contributed by atoms with Gasteiger partial charge in [-0.3, -0.25) is 4.79 Å². The van der Waals surface area contributed by atoms with Gasteiger partial charge < -0.3 is 9.88 Å². The molecule has 1 amide bonds. The van der Waals surface area contributed by atoms with Gasteiger partial charge in [-0.15, -0.1) is 10.2 Å². The number of carbonyl (C=O) groups is 1. The second kappa shape index (κ2) is 6.48. The topological polar surface area (TPSA) is 59.8 Å². The molecule has 3 rings (SSSR count). The van der Waals surface area contributed by atoms with E-state index in [1.807, 2.05) is 11.5 Å². The van der Waals surface area contributed by atoms with E-state index in [0.717, 1.165) is 23.6 Å². The molecular formula is C15H17FN4OS. The lowest BCUT2D eigenvalue weighted by Gasteiger charge is -2.14. The fourth-order valence-electron chi connectivity index (χ4n) is 2.19. The Balaban J connectivity index is 1.51. The molecule has 1 aliphatic carbocycles. The van der Waals surface area contributed by atoms with E-state index in [0.29, 0.717) is 6.04 Å². The SMILES string of the molecule is CC(NC(=O)CSc1nncn1C1CC1)c1ccc(F)cc1. The minimum Gasteiger partial charge on any atom is -0.349 e. The lowest BCUT2D eigenvalue weighted by atomic mass is 10.1. The second-order valence-corrected chi connectivity index (χ2v) is 6.32. The molecule has 1 fully saturated rings. The van der Waals surface area contributed by atoms with Gasteiger partial charge in [-0.25, -0.2) is 4.39 Å². The van der Waals surface area contributed by atoms with Gasteiger partial charge in [0.1, 0.15) is 12.1 Å². The number of thioether (sulfide) groups is 1. The molecule has 1 aliphatic rings. The van der Waals surface area contributed by atoms with Crippen molar-refractivity contribution in [1.29, 1.82) is 0 Å². The summed E-state index contributed by atoms with van der Waals surface area (Å²) in [6.07, 6.45) is 4.03. The molecule has 0 bridgehead atoms. The van der Waals surface area contributed by atoms with Gasteiger partial charge in [0.15, 0.2) is 5.16 Å². The van der Waals surface area contributed by atoms with E-state index in [-0.39, 0.29) is 23.5 Å². The first-order valence-corrected chi connectivity index (χ1v) is 8.19. The van der Waals surface area contributed by atoms with Gasteiger partial charge in [-0.05, 0) is 37.5 Å². The van der Waals surface area contributed by atoms with Crippen LogP contribution in [0, 0.1) is 5.82 Å². The maximum atomic E-state index is 12.9. The average molecular weight is 320 g/mol. The van der Waals surface area contributed by atoms with Crippen LogP contribution in [0.15, 0.2) is 35.7 Å². The zero-order chi connectivity index (χ0) is 15.5. The van der Waals surface area contributed by atoms with E-state index in [4.69, 9.17) is 0 Å². The highest BCUT2D eigenvalue weighted by Gasteiger charge is 2.26. The smallest absolute Gasteiger partial charge is 0.230 e. The number of hydrogen-bond donors (Lipinski definition) is 1. The van der Waals surface area contributed by atoms with Crippen LogP contribution in [0.2, 0.25) is 0 Å². The number of halogens is 1. The van der Waals surface area contributed by atoms with Crippen LogP contribution in [-0.2, 0) is 4.79 Å². The number of benzene rings is 1. The van der Waals surface area contributed by atoms with Crippen LogP contribution in [0.1, 0.15) is 37.4 Å². The van der Waals surface area contributed by atoms with Crippen molar-refractivity contribution in [3.63, 3.8) is 0 Å². The molecule has 1 aromatic carbocycles. The minimum atomic E-state index is -0.280. The highest BCUT2D eigenvalue weighted by atomic mass is 32.2. The number of carbonyl (C=O) groups excluding carboxylic acids is 1. The highest BCUT2D eigenvalue weighted by Crippen LogP contribution is 2.37. The zero-order valence-corrected chi connectivity index (χ0v) is 13.0. The van der Waals surface area contributed by atoms with Crippen molar-refractivity contribution in [3.05, 3.63) is 42.0 Å². The molecule has 0 radical (unpaired) electrons. The summed E-state index contributed by atoms with van der Waals surface area (Å²) < 4.78 is 14.9. The van der Waals surface area contributed by atoms with E-state index in [2.05, 4.69) is 15.5 Å². The molecule has 1 heterocycles. The summed E-state index contributed by atoms with van der Waals surface area (Å²) in [5, 5.41) is 11.6. The molecule has 22 heavy (non-hydrogen) atoms. The first kappa shape index (κ1) is 15.0. The van der Waals surface area contributed by atoms with E-state index in [9.17, 15) is 9.18 Å². The number of rotatable bonds is 6. The Bertz CT molecular complexity index is 654. The fraction of sp³-hybridized carbons (Fsp3) is 0.400. The van der Waals surface area contributed by atoms with Crippen molar-refractivity contribution >= 4 is 17.7 Å². The summed E-state index contributed by atoms with van der Waals surface area (Å²) in [6, 6.07) is 6.48. The third-order valence-electron chi connectivity index (χ3n) is 3.56. The number of aromatic nitrogens is 3. The fourth-order valence-corrected chi connectivity index (χ4v) is 2.98. The average Bonchev–Trinajstić information content (AvgIpc) is 3.24. The first-order chi connectivity index (χ1) is 10.6. The molecule has 1 aromatic heterocycles. The van der Waals surface area contributed by atoms with Crippen LogP contribution in [0.3, 0.4) is 0 Å². The summed E-state index contributed by atoms with van der Waals surface area (Å²) in [5.74, 6) is -0.0684. The Hall–Kier alpha value is -1.89. The van der Waals surface area contributed by atoms with E-state index < -0.39 is 0 Å². The normalized spacial score (nSPS) is 15.5. The maximum absolute atomic E-state index is 12.9. The highest BCUT2D eigenvalue weighted by molar-refractivity contribution is 7.99. The largest absolute Gasteiger partial charge is 0.349 e. The molecule has 116 valence electrons. The van der Waals surface area contributed by atoms with Gasteiger partial charge in [-0.2, -0.15) is 0 Å². The molecule has 0 spiro atoms. The Morgan fingerprint density at radius 1 is 1.45 bits per heavy atom. The third kappa shape index (κ3) is 3.65. The first-order valence-electron chi connectivity index (χ1n) is 7.20. The number of amides is 1. The Morgan fingerprint density at radius 3 is 2.86 bits per heavy atom. The standard InChI is InChI=1S/C15H17FN4OS/c1-10(11-2-4-12(16)5-3-11)18-14(21)8-22-15-19-17-9-20(15)13-6-7-13/h2-5,9-10,13H,6-8H2,1H3,(H,18,21). The Labute approximate surface area is 132 Å². The van der Waals surface area contributed by atoms with Crippen LogP contribution in [0.4, 0.5) is 4.39 Å². The van der Waals surface area contributed by atoms with E-state index >= 15 is 0 Å². The van der Waals surface area contributed by atoms with Gasteiger partial charge in [0, 0.05) is 6.04 Å². The van der Waals surface area contributed by atoms with Crippen molar-refractivity contribution in [3.8, 4) is 0 Å². The summed E-state index contributed by atoms with van der Waals surface area (Å²) in [6.45, 7) is 1.88. The predicted molar refractivity (Wildman–Crippen MR) is 82.0 cm³/mol. The van der Waals surface area contributed by atoms with E-state index in [1.165, 1.54) is 23.9 Å². The molecule has 2 aromatic rings. The number of hydrogen-bond acceptors (Lipinski definition) is 4. The number of nitrogens with one attached hydrogen (secondary N) is 1. The quantitative estimate of drug-likeness (QED) is 0.832. The van der Waals surface area contributed by atoms with Gasteiger partial charge >= 0.3 is 0 Å². The van der Waals surface area contributed by atoms with Crippen LogP contribution >= 0.6 is 11.8 Å². The summed E-state index contributed by atoms with van der Waals surface area (Å²) in [5.41, 5.74) is 0.876. The molecule has 0 aliphatic heterocycles. The Kier molecular flexibility index (Phi) is 4.42. The molecule has 5 nitrogen and oxygen atoms in total. The lowest BCUT2D eigenvalue weighted by molar-refractivity contribution is -0.119. The summed E-state index contributed by atoms with van der Waals surface area (Å²) in [4.78, 5) is 12.0. The van der Waals surface area contributed by atoms with Crippen molar-refractivity contribution in [2.24, 2.45) is 0 Å².